The smallest absolute Gasteiger partial charge is 0.261 e. The fourth-order valence-corrected chi connectivity index (χ4v) is 4.61. The Morgan fingerprint density at radius 2 is 1.33 bits per heavy atom. The van der Waals surface area contributed by atoms with Gasteiger partial charge in [0.1, 0.15) is 0 Å². The van der Waals surface area contributed by atoms with Gasteiger partial charge in [-0.2, -0.15) is 0 Å². The molecule has 0 unspecified atom stereocenters. The zero-order chi connectivity index (χ0) is 21.2. The van der Waals surface area contributed by atoms with Crippen LogP contribution in [0.2, 0.25) is 0 Å². The molecule has 1 N–H and O–H groups in total. The maximum absolute atomic E-state index is 12.3. The molecule has 2 aliphatic rings. The summed E-state index contributed by atoms with van der Waals surface area (Å²) in [6, 6.07) is 7.49. The van der Waals surface area contributed by atoms with E-state index in [0.717, 1.165) is 44.9 Å². The average molecular weight is 413 g/mol. The number of carbonyl (C=O) groups is 3. The van der Waals surface area contributed by atoms with Crippen molar-refractivity contribution >= 4 is 17.7 Å². The number of nitrogens with zero attached hydrogens (tertiary/aromatic N) is 1. The van der Waals surface area contributed by atoms with E-state index in [9.17, 15) is 14.4 Å². The van der Waals surface area contributed by atoms with Crippen molar-refractivity contribution in [2.24, 2.45) is 0 Å². The Kier molecular flexibility index (Phi) is 8.91. The fraction of sp³-hybridized carbons (Fsp3) is 0.640. The SMILES string of the molecule is O=C(CCCCCCCCCCN1C(=O)c2ccccc2C1=O)NC1CCCCC1. The Morgan fingerprint density at radius 3 is 1.93 bits per heavy atom. The van der Waals surface area contributed by atoms with Crippen LogP contribution < -0.4 is 5.32 Å². The normalized spacial score (nSPS) is 16.7. The van der Waals surface area contributed by atoms with Crippen LogP contribution in [-0.2, 0) is 4.79 Å². The van der Waals surface area contributed by atoms with Gasteiger partial charge in [-0.3, -0.25) is 19.3 Å². The van der Waals surface area contributed by atoms with E-state index in [-0.39, 0.29) is 17.7 Å². The second-order valence-corrected chi connectivity index (χ2v) is 8.79. The molecule has 0 saturated heterocycles. The van der Waals surface area contributed by atoms with Crippen molar-refractivity contribution in [3.8, 4) is 0 Å². The van der Waals surface area contributed by atoms with Crippen LogP contribution in [0.3, 0.4) is 0 Å². The van der Waals surface area contributed by atoms with E-state index in [2.05, 4.69) is 5.32 Å². The molecule has 1 fully saturated rings. The van der Waals surface area contributed by atoms with Crippen LogP contribution in [-0.4, -0.2) is 35.2 Å². The number of nitrogens with one attached hydrogen (secondary N) is 1. The second kappa shape index (κ2) is 11.9. The fourth-order valence-electron chi connectivity index (χ4n) is 4.61. The molecule has 3 amide bonds. The first-order valence-electron chi connectivity index (χ1n) is 11.9. The van der Waals surface area contributed by atoms with Gasteiger partial charge >= 0.3 is 0 Å². The third kappa shape index (κ3) is 6.41. The molecule has 0 radical (unpaired) electrons. The van der Waals surface area contributed by atoms with Gasteiger partial charge in [-0.25, -0.2) is 0 Å². The number of amides is 3. The van der Waals surface area contributed by atoms with Gasteiger partial charge in [0.25, 0.3) is 11.8 Å². The van der Waals surface area contributed by atoms with Crippen LogP contribution in [0.4, 0.5) is 0 Å². The van der Waals surface area contributed by atoms with Gasteiger partial charge in [0, 0.05) is 19.0 Å². The van der Waals surface area contributed by atoms with Crippen molar-refractivity contribution in [1.29, 1.82) is 0 Å². The number of hydrogen-bond donors (Lipinski definition) is 1. The maximum atomic E-state index is 12.3. The summed E-state index contributed by atoms with van der Waals surface area (Å²) in [5.41, 5.74) is 1.07. The number of carbonyl (C=O) groups excluding carboxylic acids is 3. The minimum atomic E-state index is -0.150. The number of fused-ring (bicyclic) bond motifs is 1. The predicted molar refractivity (Wildman–Crippen MR) is 118 cm³/mol. The van der Waals surface area contributed by atoms with E-state index in [1.165, 1.54) is 43.4 Å². The van der Waals surface area contributed by atoms with E-state index in [1.807, 2.05) is 0 Å². The van der Waals surface area contributed by atoms with Gasteiger partial charge in [0.15, 0.2) is 0 Å². The first-order chi connectivity index (χ1) is 14.7. The number of rotatable bonds is 12. The minimum absolute atomic E-state index is 0.150. The lowest BCUT2D eigenvalue weighted by Gasteiger charge is -2.22. The molecule has 3 rings (SSSR count). The second-order valence-electron chi connectivity index (χ2n) is 8.79. The Labute approximate surface area is 180 Å². The lowest BCUT2D eigenvalue weighted by atomic mass is 9.95. The first-order valence-corrected chi connectivity index (χ1v) is 11.9. The molecular weight excluding hydrogens is 376 g/mol. The third-order valence-corrected chi connectivity index (χ3v) is 6.38. The lowest BCUT2D eigenvalue weighted by molar-refractivity contribution is -0.122. The van der Waals surface area contributed by atoms with Crippen LogP contribution >= 0.6 is 0 Å². The number of benzene rings is 1. The topological polar surface area (TPSA) is 66.5 Å². The van der Waals surface area contributed by atoms with Gasteiger partial charge in [-0.1, -0.05) is 69.9 Å². The van der Waals surface area contributed by atoms with E-state index in [1.54, 1.807) is 24.3 Å². The third-order valence-electron chi connectivity index (χ3n) is 6.38. The Hall–Kier alpha value is -2.17. The summed E-state index contributed by atoms with van der Waals surface area (Å²) < 4.78 is 0. The van der Waals surface area contributed by atoms with E-state index < -0.39 is 0 Å². The zero-order valence-electron chi connectivity index (χ0n) is 18.2. The Morgan fingerprint density at radius 1 is 0.800 bits per heavy atom. The quantitative estimate of drug-likeness (QED) is 0.377. The van der Waals surface area contributed by atoms with Crippen LogP contribution in [0.15, 0.2) is 24.3 Å². The Balaban J connectivity index is 1.16. The van der Waals surface area contributed by atoms with Crippen LogP contribution in [0.1, 0.15) is 111 Å². The lowest BCUT2D eigenvalue weighted by Crippen LogP contribution is -2.35. The molecule has 1 saturated carbocycles. The van der Waals surface area contributed by atoms with Crippen molar-refractivity contribution in [3.05, 3.63) is 35.4 Å². The van der Waals surface area contributed by atoms with E-state index in [4.69, 9.17) is 0 Å². The molecule has 1 aromatic carbocycles. The number of unbranched alkanes of at least 4 members (excludes halogenated alkanes) is 7. The number of hydrogen-bond acceptors (Lipinski definition) is 3. The summed E-state index contributed by atoms with van der Waals surface area (Å²) in [6.45, 7) is 0.516. The molecule has 164 valence electrons. The molecule has 1 heterocycles. The van der Waals surface area contributed by atoms with Gasteiger partial charge in [-0.05, 0) is 37.8 Å². The maximum Gasteiger partial charge on any atom is 0.261 e. The number of imide groups is 1. The minimum Gasteiger partial charge on any atom is -0.353 e. The summed E-state index contributed by atoms with van der Waals surface area (Å²) in [5.74, 6) is -0.0682. The van der Waals surface area contributed by atoms with E-state index >= 15 is 0 Å². The molecular formula is C25H36N2O3. The summed E-state index contributed by atoms with van der Waals surface area (Å²) in [6.07, 6.45) is 15.5. The van der Waals surface area contributed by atoms with Crippen molar-refractivity contribution in [2.75, 3.05) is 6.54 Å². The van der Waals surface area contributed by atoms with Crippen LogP contribution in [0.25, 0.3) is 0 Å². The van der Waals surface area contributed by atoms with Gasteiger partial charge in [-0.15, -0.1) is 0 Å². The van der Waals surface area contributed by atoms with Crippen molar-refractivity contribution in [2.45, 2.75) is 95.9 Å². The van der Waals surface area contributed by atoms with Gasteiger partial charge < -0.3 is 5.32 Å². The summed E-state index contributed by atoms with van der Waals surface area (Å²) in [7, 11) is 0. The standard InChI is InChI=1S/C25H36N2O3/c28-23(26-20-14-8-7-9-15-20)18-10-5-3-1-2-4-6-13-19-27-24(29)21-16-11-12-17-22(21)25(27)30/h11-12,16-17,20H,1-10,13-15,18-19H2,(H,26,28). The highest BCUT2D eigenvalue weighted by Gasteiger charge is 2.34. The molecule has 0 atom stereocenters. The summed E-state index contributed by atoms with van der Waals surface area (Å²) >= 11 is 0. The molecule has 5 heteroatoms. The predicted octanol–water partition coefficient (Wildman–Crippen LogP) is 5.24. The van der Waals surface area contributed by atoms with Crippen molar-refractivity contribution in [3.63, 3.8) is 0 Å². The largest absolute Gasteiger partial charge is 0.353 e. The van der Waals surface area contributed by atoms with Gasteiger partial charge in [0.2, 0.25) is 5.91 Å². The Bertz CT molecular complexity index is 690. The average Bonchev–Trinajstić information content (AvgIpc) is 3.00. The van der Waals surface area contributed by atoms with Crippen LogP contribution in [0, 0.1) is 0 Å². The highest BCUT2D eigenvalue weighted by atomic mass is 16.2. The van der Waals surface area contributed by atoms with Crippen molar-refractivity contribution < 1.29 is 14.4 Å². The molecule has 1 aliphatic carbocycles. The molecule has 0 spiro atoms. The molecule has 1 aliphatic heterocycles. The highest BCUT2D eigenvalue weighted by Crippen LogP contribution is 2.23. The van der Waals surface area contributed by atoms with Crippen molar-refractivity contribution in [1.82, 2.24) is 10.2 Å². The summed E-state index contributed by atoms with van der Waals surface area (Å²) in [5, 5.41) is 3.19. The monoisotopic (exact) mass is 412 g/mol. The van der Waals surface area contributed by atoms with Crippen LogP contribution in [0.5, 0.6) is 0 Å². The zero-order valence-corrected chi connectivity index (χ0v) is 18.2. The molecule has 30 heavy (non-hydrogen) atoms. The molecule has 0 aromatic heterocycles. The summed E-state index contributed by atoms with van der Waals surface area (Å²) in [4.78, 5) is 38.0. The molecule has 0 bridgehead atoms. The first kappa shape index (κ1) is 22.5. The van der Waals surface area contributed by atoms with E-state index in [0.29, 0.717) is 30.1 Å². The molecule has 1 aromatic rings. The molecule has 5 nitrogen and oxygen atoms in total. The van der Waals surface area contributed by atoms with Gasteiger partial charge in [0.05, 0.1) is 11.1 Å². The highest BCUT2D eigenvalue weighted by molar-refractivity contribution is 6.21.